The largest absolute Gasteiger partial charge is 0.382 e. The molecule has 1 aliphatic rings. The van der Waals surface area contributed by atoms with E-state index in [4.69, 9.17) is 10.2 Å². The summed E-state index contributed by atoms with van der Waals surface area (Å²) in [7, 11) is 0. The lowest BCUT2D eigenvalue weighted by Gasteiger charge is -2.19. The van der Waals surface area contributed by atoms with Crippen molar-refractivity contribution in [2.75, 3.05) is 11.5 Å². The lowest BCUT2D eigenvalue weighted by molar-refractivity contribution is 0.263. The van der Waals surface area contributed by atoms with E-state index >= 15 is 0 Å². The van der Waals surface area contributed by atoms with Gasteiger partial charge in [-0.2, -0.15) is 0 Å². The molecule has 1 rings (SSSR count). The van der Waals surface area contributed by atoms with Gasteiger partial charge in [-0.25, -0.2) is 0 Å². The molecule has 0 aromatic carbocycles. The number of rotatable bonds is 0. The summed E-state index contributed by atoms with van der Waals surface area (Å²) in [5.74, 6) is 1.32. The number of hydrogen-bond acceptors (Lipinski definition) is 4. The van der Waals surface area contributed by atoms with E-state index in [9.17, 15) is 0 Å². The van der Waals surface area contributed by atoms with Crippen LogP contribution < -0.4 is 0 Å². The number of thioether (sulfide) groups is 2. The molecule has 0 aliphatic carbocycles. The van der Waals surface area contributed by atoms with Crippen LogP contribution in [0.15, 0.2) is 0 Å². The second-order valence-corrected chi connectivity index (χ2v) is 4.00. The molecule has 8 heavy (non-hydrogen) atoms. The molecule has 0 amide bonds. The van der Waals surface area contributed by atoms with Crippen LogP contribution in [0.4, 0.5) is 0 Å². The molecular weight excluding hydrogens is 144 g/mol. The number of hydrogen-bond donors (Lipinski definition) is 2. The van der Waals surface area contributed by atoms with Crippen LogP contribution in [0.5, 0.6) is 0 Å². The monoisotopic (exact) mass is 152 g/mol. The summed E-state index contributed by atoms with van der Waals surface area (Å²) < 4.78 is 0. The summed E-state index contributed by atoms with van der Waals surface area (Å²) in [4.78, 5) is 0. The minimum atomic E-state index is -0.261. The second kappa shape index (κ2) is 2.96. The molecule has 0 spiro atoms. The Bertz CT molecular complexity index is 60.4. The van der Waals surface area contributed by atoms with Crippen molar-refractivity contribution < 1.29 is 10.2 Å². The van der Waals surface area contributed by atoms with Gasteiger partial charge in [0.05, 0.1) is 0 Å². The molecule has 2 N–H and O–H groups in total. The van der Waals surface area contributed by atoms with Crippen LogP contribution in [0.2, 0.25) is 0 Å². The fourth-order valence-electron chi connectivity index (χ4n) is 0.483. The van der Waals surface area contributed by atoms with Crippen LogP contribution in [0.25, 0.3) is 0 Å². The van der Waals surface area contributed by atoms with Crippen LogP contribution in [0, 0.1) is 0 Å². The minimum Gasteiger partial charge on any atom is -0.382 e. The van der Waals surface area contributed by atoms with Gasteiger partial charge in [-0.05, 0) is 0 Å². The molecule has 0 bridgehead atoms. The van der Waals surface area contributed by atoms with Crippen molar-refractivity contribution in [2.24, 2.45) is 0 Å². The fourth-order valence-corrected chi connectivity index (χ4v) is 2.50. The molecule has 1 heterocycles. The van der Waals surface area contributed by atoms with Crippen molar-refractivity contribution in [3.63, 3.8) is 0 Å². The first-order valence-corrected chi connectivity index (χ1v) is 4.48. The highest BCUT2D eigenvalue weighted by Crippen LogP contribution is 2.26. The summed E-state index contributed by atoms with van der Waals surface area (Å²) in [6, 6.07) is 0. The maximum atomic E-state index is 8.86. The molecule has 0 aromatic heterocycles. The maximum Gasteiger partial charge on any atom is 0.108 e. The summed E-state index contributed by atoms with van der Waals surface area (Å²) >= 11 is 2.82. The van der Waals surface area contributed by atoms with Crippen LogP contribution in [-0.4, -0.2) is 32.6 Å². The normalized spacial score (nSPS) is 39.8. The van der Waals surface area contributed by atoms with E-state index in [2.05, 4.69) is 0 Å². The highest BCUT2D eigenvalue weighted by Gasteiger charge is 2.16. The van der Waals surface area contributed by atoms with Crippen LogP contribution >= 0.6 is 23.5 Å². The van der Waals surface area contributed by atoms with Gasteiger partial charge in [-0.1, -0.05) is 0 Å². The minimum absolute atomic E-state index is 0.261. The van der Waals surface area contributed by atoms with Gasteiger partial charge in [-0.15, -0.1) is 23.5 Å². The number of aliphatic hydroxyl groups excluding tert-OH is 2. The van der Waals surface area contributed by atoms with Crippen LogP contribution in [-0.2, 0) is 0 Å². The van der Waals surface area contributed by atoms with Crippen molar-refractivity contribution in [1.29, 1.82) is 0 Å². The predicted molar refractivity (Wildman–Crippen MR) is 36.9 cm³/mol. The molecule has 0 unspecified atom stereocenters. The van der Waals surface area contributed by atoms with Gasteiger partial charge < -0.3 is 10.2 Å². The highest BCUT2D eigenvalue weighted by atomic mass is 32.2. The summed E-state index contributed by atoms with van der Waals surface area (Å²) in [5, 5.41) is 17.7. The van der Waals surface area contributed by atoms with Crippen LogP contribution in [0.1, 0.15) is 0 Å². The van der Waals surface area contributed by atoms with E-state index in [1.807, 2.05) is 0 Å². The Morgan fingerprint density at radius 1 is 1.00 bits per heavy atom. The van der Waals surface area contributed by atoms with E-state index in [0.717, 1.165) is 0 Å². The Balaban J connectivity index is 2.19. The SMILES string of the molecule is O[C@@H]1CS[C@H](O)CS1. The molecule has 0 radical (unpaired) electrons. The molecule has 2 atom stereocenters. The first-order valence-electron chi connectivity index (χ1n) is 2.38. The average Bonchev–Trinajstić information content (AvgIpc) is 1.77. The van der Waals surface area contributed by atoms with E-state index in [1.54, 1.807) is 0 Å². The highest BCUT2D eigenvalue weighted by molar-refractivity contribution is 8.06. The molecule has 1 saturated heterocycles. The van der Waals surface area contributed by atoms with Gasteiger partial charge >= 0.3 is 0 Å². The molecule has 1 aliphatic heterocycles. The zero-order valence-electron chi connectivity index (χ0n) is 4.28. The summed E-state index contributed by atoms with van der Waals surface area (Å²) in [6.07, 6.45) is 0. The summed E-state index contributed by atoms with van der Waals surface area (Å²) in [6.45, 7) is 0. The summed E-state index contributed by atoms with van der Waals surface area (Å²) in [5.41, 5.74) is -0.521. The molecule has 0 aromatic rings. The Morgan fingerprint density at radius 3 is 1.62 bits per heavy atom. The first-order chi connectivity index (χ1) is 3.79. The fraction of sp³-hybridized carbons (Fsp3) is 1.00. The van der Waals surface area contributed by atoms with Gasteiger partial charge in [0.15, 0.2) is 0 Å². The van der Waals surface area contributed by atoms with Gasteiger partial charge in [0.2, 0.25) is 0 Å². The molecule has 2 nitrogen and oxygen atoms in total. The Labute approximate surface area is 56.7 Å². The second-order valence-electron chi connectivity index (χ2n) is 1.58. The van der Waals surface area contributed by atoms with Crippen molar-refractivity contribution in [1.82, 2.24) is 0 Å². The average molecular weight is 152 g/mol. The zero-order valence-corrected chi connectivity index (χ0v) is 5.91. The lowest BCUT2D eigenvalue weighted by Crippen LogP contribution is -2.19. The molecule has 0 saturated carbocycles. The van der Waals surface area contributed by atoms with E-state index in [1.165, 1.54) is 23.5 Å². The zero-order chi connectivity index (χ0) is 5.98. The third kappa shape index (κ3) is 1.85. The van der Waals surface area contributed by atoms with Gasteiger partial charge in [0.1, 0.15) is 10.9 Å². The molecule has 4 heteroatoms. The third-order valence-corrected chi connectivity index (χ3v) is 3.40. The Kier molecular flexibility index (Phi) is 2.49. The molecule has 1 fully saturated rings. The van der Waals surface area contributed by atoms with Gasteiger partial charge in [0, 0.05) is 11.5 Å². The van der Waals surface area contributed by atoms with E-state index in [-0.39, 0.29) is 10.9 Å². The topological polar surface area (TPSA) is 40.5 Å². The third-order valence-electron chi connectivity index (χ3n) is 0.862. The quantitative estimate of drug-likeness (QED) is 0.516. The molecular formula is C4H8O2S2. The van der Waals surface area contributed by atoms with Crippen molar-refractivity contribution in [3.05, 3.63) is 0 Å². The number of aliphatic hydroxyl groups is 2. The predicted octanol–water partition coefficient (Wildman–Crippen LogP) is 0.103. The van der Waals surface area contributed by atoms with Gasteiger partial charge in [0.25, 0.3) is 0 Å². The van der Waals surface area contributed by atoms with Crippen LogP contribution in [0.3, 0.4) is 0 Å². The standard InChI is InChI=1S/C4H8O2S2/c5-3-1-7-4(6)2-8-3/h3-6H,1-2H2/t3-,4-/m0/s1. The van der Waals surface area contributed by atoms with E-state index < -0.39 is 0 Å². The maximum absolute atomic E-state index is 8.86. The van der Waals surface area contributed by atoms with Gasteiger partial charge in [-0.3, -0.25) is 0 Å². The Hall–Kier alpha value is 0.620. The van der Waals surface area contributed by atoms with Crippen molar-refractivity contribution in [2.45, 2.75) is 10.9 Å². The smallest absolute Gasteiger partial charge is 0.108 e. The first kappa shape index (κ1) is 6.74. The molecule has 48 valence electrons. The Morgan fingerprint density at radius 2 is 1.38 bits per heavy atom. The van der Waals surface area contributed by atoms with E-state index in [0.29, 0.717) is 11.5 Å². The van der Waals surface area contributed by atoms with Crippen molar-refractivity contribution >= 4 is 23.5 Å². The van der Waals surface area contributed by atoms with Crippen molar-refractivity contribution in [3.8, 4) is 0 Å². The lowest BCUT2D eigenvalue weighted by atomic mass is 10.8.